The van der Waals surface area contributed by atoms with Crippen LogP contribution in [0.2, 0.25) is 0 Å². The third-order valence-electron chi connectivity index (χ3n) is 3.98. The second kappa shape index (κ2) is 5.43. The van der Waals surface area contributed by atoms with Crippen molar-refractivity contribution in [2.75, 3.05) is 19.4 Å². The number of carbonyl (C=O) groups excluding carboxylic acids is 1. The maximum Gasteiger partial charge on any atom is 0.270 e. The van der Waals surface area contributed by atoms with Crippen molar-refractivity contribution in [1.82, 2.24) is 14.6 Å². The zero-order chi connectivity index (χ0) is 15.0. The van der Waals surface area contributed by atoms with Gasteiger partial charge in [-0.2, -0.15) is 0 Å². The van der Waals surface area contributed by atoms with E-state index in [1.807, 2.05) is 0 Å². The number of ether oxygens (including phenoxy) is 1. The number of likely N-dealkylation sites (tertiary alicyclic amines) is 1. The minimum atomic E-state index is -3.34. The standard InChI is InChI=1S/C13H19N3O4S/c1-21(18,19)15-10-8-16(11-5-3-7-20-12(10)11)13(17)9-4-2-6-14-9/h2,4,6,10-12,14-15H,3,5,7-8H2,1H3/t10-,11-,12-/m1/s1. The lowest BCUT2D eigenvalue weighted by molar-refractivity contribution is -0.0157. The van der Waals surface area contributed by atoms with Crippen LogP contribution in [0.4, 0.5) is 0 Å². The second-order valence-electron chi connectivity index (χ2n) is 5.58. The smallest absolute Gasteiger partial charge is 0.270 e. The van der Waals surface area contributed by atoms with E-state index in [0.29, 0.717) is 18.8 Å². The van der Waals surface area contributed by atoms with Crippen molar-refractivity contribution in [2.24, 2.45) is 0 Å². The van der Waals surface area contributed by atoms with E-state index in [1.165, 1.54) is 0 Å². The average Bonchev–Trinajstić information content (AvgIpc) is 3.05. The molecule has 3 atom stereocenters. The van der Waals surface area contributed by atoms with Gasteiger partial charge in [-0.1, -0.05) is 0 Å². The van der Waals surface area contributed by atoms with Gasteiger partial charge >= 0.3 is 0 Å². The number of nitrogens with one attached hydrogen (secondary N) is 2. The number of H-pyrrole nitrogens is 1. The molecule has 21 heavy (non-hydrogen) atoms. The van der Waals surface area contributed by atoms with Gasteiger partial charge in [0, 0.05) is 19.3 Å². The van der Waals surface area contributed by atoms with Gasteiger partial charge in [0.2, 0.25) is 10.0 Å². The fourth-order valence-electron chi connectivity index (χ4n) is 3.19. The van der Waals surface area contributed by atoms with Crippen LogP contribution in [0.3, 0.4) is 0 Å². The summed E-state index contributed by atoms with van der Waals surface area (Å²) in [6.45, 7) is 0.938. The molecule has 2 N–H and O–H groups in total. The van der Waals surface area contributed by atoms with Crippen LogP contribution >= 0.6 is 0 Å². The molecule has 1 aromatic heterocycles. The predicted molar refractivity (Wildman–Crippen MR) is 76.4 cm³/mol. The molecule has 2 saturated heterocycles. The first-order valence-electron chi connectivity index (χ1n) is 6.99. The summed E-state index contributed by atoms with van der Waals surface area (Å²) in [6, 6.07) is 3.03. The van der Waals surface area contributed by atoms with Crippen molar-refractivity contribution in [2.45, 2.75) is 31.0 Å². The number of rotatable bonds is 3. The van der Waals surface area contributed by atoms with Crippen LogP contribution in [-0.4, -0.2) is 61.8 Å². The van der Waals surface area contributed by atoms with Gasteiger partial charge in [0.25, 0.3) is 5.91 Å². The molecule has 0 aromatic carbocycles. The fourth-order valence-corrected chi connectivity index (χ4v) is 3.95. The fraction of sp³-hybridized carbons (Fsp3) is 0.615. The number of hydrogen-bond donors (Lipinski definition) is 2. The Labute approximate surface area is 123 Å². The van der Waals surface area contributed by atoms with Gasteiger partial charge in [0.1, 0.15) is 5.69 Å². The zero-order valence-corrected chi connectivity index (χ0v) is 12.6. The largest absolute Gasteiger partial charge is 0.374 e. The summed E-state index contributed by atoms with van der Waals surface area (Å²) >= 11 is 0. The third kappa shape index (κ3) is 2.97. The number of aromatic nitrogens is 1. The number of nitrogens with zero attached hydrogens (tertiary/aromatic N) is 1. The van der Waals surface area contributed by atoms with Crippen LogP contribution in [0.25, 0.3) is 0 Å². The molecule has 0 aliphatic carbocycles. The molecule has 0 bridgehead atoms. The second-order valence-corrected chi connectivity index (χ2v) is 7.36. The Morgan fingerprint density at radius 1 is 1.52 bits per heavy atom. The number of hydrogen-bond acceptors (Lipinski definition) is 4. The van der Waals surface area contributed by atoms with E-state index in [0.717, 1.165) is 19.1 Å². The summed E-state index contributed by atoms with van der Waals surface area (Å²) in [5.41, 5.74) is 0.513. The summed E-state index contributed by atoms with van der Waals surface area (Å²) in [5.74, 6) is -0.113. The number of amides is 1. The van der Waals surface area contributed by atoms with Crippen LogP contribution < -0.4 is 4.72 Å². The molecule has 1 aromatic rings. The highest BCUT2D eigenvalue weighted by Gasteiger charge is 2.47. The van der Waals surface area contributed by atoms with E-state index < -0.39 is 10.0 Å². The molecule has 0 radical (unpaired) electrons. The van der Waals surface area contributed by atoms with E-state index in [-0.39, 0.29) is 24.1 Å². The molecule has 2 aliphatic rings. The number of sulfonamides is 1. The number of aromatic amines is 1. The van der Waals surface area contributed by atoms with Crippen molar-refractivity contribution in [1.29, 1.82) is 0 Å². The molecule has 2 fully saturated rings. The predicted octanol–water partition coefficient (Wildman–Crippen LogP) is -0.0641. The summed E-state index contributed by atoms with van der Waals surface area (Å²) < 4.78 is 31.3. The minimum absolute atomic E-state index is 0.0752. The lowest BCUT2D eigenvalue weighted by atomic mass is 10.0. The first-order chi connectivity index (χ1) is 9.96. The molecule has 3 heterocycles. The molecular formula is C13H19N3O4S. The Morgan fingerprint density at radius 2 is 2.33 bits per heavy atom. The Morgan fingerprint density at radius 3 is 3.00 bits per heavy atom. The van der Waals surface area contributed by atoms with Gasteiger partial charge < -0.3 is 14.6 Å². The van der Waals surface area contributed by atoms with Crippen LogP contribution in [0.15, 0.2) is 18.3 Å². The first kappa shape index (κ1) is 14.6. The Bertz CT molecular complexity index is 613. The number of carbonyl (C=O) groups is 1. The molecule has 7 nitrogen and oxygen atoms in total. The zero-order valence-electron chi connectivity index (χ0n) is 11.8. The highest BCUT2D eigenvalue weighted by atomic mass is 32.2. The summed E-state index contributed by atoms with van der Waals surface area (Å²) in [4.78, 5) is 17.2. The lowest BCUT2D eigenvalue weighted by Crippen LogP contribution is -2.47. The molecule has 0 unspecified atom stereocenters. The molecule has 3 rings (SSSR count). The van der Waals surface area contributed by atoms with Crippen LogP contribution in [0.5, 0.6) is 0 Å². The maximum absolute atomic E-state index is 12.5. The topological polar surface area (TPSA) is 91.5 Å². The molecule has 0 spiro atoms. The normalized spacial score (nSPS) is 29.4. The monoisotopic (exact) mass is 313 g/mol. The van der Waals surface area contributed by atoms with Crippen molar-refractivity contribution in [3.8, 4) is 0 Å². The molecule has 1 amide bonds. The van der Waals surface area contributed by atoms with Crippen LogP contribution in [-0.2, 0) is 14.8 Å². The summed E-state index contributed by atoms with van der Waals surface area (Å²) in [7, 11) is -3.34. The lowest BCUT2D eigenvalue weighted by Gasteiger charge is -2.32. The van der Waals surface area contributed by atoms with Crippen molar-refractivity contribution in [3.05, 3.63) is 24.0 Å². The minimum Gasteiger partial charge on any atom is -0.374 e. The van der Waals surface area contributed by atoms with E-state index in [4.69, 9.17) is 4.74 Å². The first-order valence-corrected chi connectivity index (χ1v) is 8.88. The summed E-state index contributed by atoms with van der Waals surface area (Å²) in [6.07, 6.45) is 4.26. The van der Waals surface area contributed by atoms with E-state index in [2.05, 4.69) is 9.71 Å². The van der Waals surface area contributed by atoms with Gasteiger partial charge in [0.05, 0.1) is 24.4 Å². The van der Waals surface area contributed by atoms with Crippen LogP contribution in [0, 0.1) is 0 Å². The van der Waals surface area contributed by atoms with Crippen molar-refractivity contribution in [3.63, 3.8) is 0 Å². The van der Waals surface area contributed by atoms with E-state index >= 15 is 0 Å². The molecule has 0 saturated carbocycles. The number of fused-ring (bicyclic) bond motifs is 1. The van der Waals surface area contributed by atoms with Crippen LogP contribution in [0.1, 0.15) is 23.3 Å². The highest BCUT2D eigenvalue weighted by molar-refractivity contribution is 7.88. The summed E-state index contributed by atoms with van der Waals surface area (Å²) in [5, 5.41) is 0. The maximum atomic E-state index is 12.5. The molecule has 8 heteroatoms. The van der Waals surface area contributed by atoms with Crippen molar-refractivity contribution < 1.29 is 17.9 Å². The SMILES string of the molecule is CS(=O)(=O)N[C@@H]1CN(C(=O)c2ccc[nH]2)[C@@H]2CCCO[C@@H]21. The molecular weight excluding hydrogens is 294 g/mol. The van der Waals surface area contributed by atoms with Crippen molar-refractivity contribution >= 4 is 15.9 Å². The van der Waals surface area contributed by atoms with Gasteiger partial charge in [-0.15, -0.1) is 0 Å². The van der Waals surface area contributed by atoms with Gasteiger partial charge in [-0.25, -0.2) is 13.1 Å². The molecule has 2 aliphatic heterocycles. The molecule has 116 valence electrons. The van der Waals surface area contributed by atoms with E-state index in [1.54, 1.807) is 23.2 Å². The average molecular weight is 313 g/mol. The quantitative estimate of drug-likeness (QED) is 0.817. The third-order valence-corrected chi connectivity index (χ3v) is 4.71. The Hall–Kier alpha value is -1.38. The van der Waals surface area contributed by atoms with Gasteiger partial charge in [-0.05, 0) is 25.0 Å². The van der Waals surface area contributed by atoms with Gasteiger partial charge in [0.15, 0.2) is 0 Å². The Balaban J connectivity index is 1.83. The van der Waals surface area contributed by atoms with E-state index in [9.17, 15) is 13.2 Å². The van der Waals surface area contributed by atoms with Gasteiger partial charge in [-0.3, -0.25) is 4.79 Å². The Kier molecular flexibility index (Phi) is 3.76. The highest BCUT2D eigenvalue weighted by Crippen LogP contribution is 2.30.